The van der Waals surface area contributed by atoms with E-state index in [-0.39, 0.29) is 10.8 Å². The van der Waals surface area contributed by atoms with E-state index in [1.165, 1.54) is 0 Å². The van der Waals surface area contributed by atoms with Gasteiger partial charge >= 0.3 is 6.16 Å². The fraction of sp³-hybridized carbons (Fsp3) is 0.562. The molecule has 0 saturated carbocycles. The molecular weight excluding hydrogens is 240 g/mol. The van der Waals surface area contributed by atoms with Crippen molar-refractivity contribution in [1.29, 1.82) is 0 Å². The molecule has 19 heavy (non-hydrogen) atoms. The number of ether oxygens (including phenoxy) is 1. The van der Waals surface area contributed by atoms with Crippen molar-refractivity contribution < 1.29 is 14.6 Å². The van der Waals surface area contributed by atoms with E-state index in [0.717, 1.165) is 5.56 Å². The lowest BCUT2D eigenvalue weighted by Crippen LogP contribution is -2.53. The zero-order valence-corrected chi connectivity index (χ0v) is 12.7. The van der Waals surface area contributed by atoms with Crippen LogP contribution < -0.4 is 0 Å². The summed E-state index contributed by atoms with van der Waals surface area (Å²) >= 11 is 0. The SMILES string of the molecule is CC(C)(C)C(OC(=O)O)(c1ccccc1)C(C)(C)C. The summed E-state index contributed by atoms with van der Waals surface area (Å²) in [5.41, 5.74) is -0.763. The van der Waals surface area contributed by atoms with Crippen molar-refractivity contribution in [2.75, 3.05) is 0 Å². The second-order valence-corrected chi connectivity index (χ2v) is 6.92. The van der Waals surface area contributed by atoms with Gasteiger partial charge in [0.05, 0.1) is 0 Å². The average Bonchev–Trinajstić information content (AvgIpc) is 2.23. The summed E-state index contributed by atoms with van der Waals surface area (Å²) in [5.74, 6) is 0. The van der Waals surface area contributed by atoms with E-state index in [2.05, 4.69) is 0 Å². The first-order valence-electron chi connectivity index (χ1n) is 6.50. The van der Waals surface area contributed by atoms with E-state index >= 15 is 0 Å². The van der Waals surface area contributed by atoms with Gasteiger partial charge < -0.3 is 9.84 Å². The molecule has 1 rings (SSSR count). The predicted octanol–water partition coefficient (Wildman–Crippen LogP) is 4.67. The Morgan fingerprint density at radius 2 is 1.37 bits per heavy atom. The fourth-order valence-electron chi connectivity index (χ4n) is 3.16. The Morgan fingerprint density at radius 1 is 0.947 bits per heavy atom. The molecule has 0 saturated heterocycles. The molecule has 0 amide bonds. The number of rotatable bonds is 2. The van der Waals surface area contributed by atoms with Crippen molar-refractivity contribution in [2.45, 2.75) is 47.1 Å². The van der Waals surface area contributed by atoms with Crippen LogP contribution in [0, 0.1) is 10.8 Å². The molecule has 0 bridgehead atoms. The highest BCUT2D eigenvalue weighted by Crippen LogP contribution is 2.54. The van der Waals surface area contributed by atoms with Crippen molar-refractivity contribution in [3.8, 4) is 0 Å². The minimum atomic E-state index is -1.24. The number of carbonyl (C=O) groups is 1. The Morgan fingerprint density at radius 3 is 1.68 bits per heavy atom. The normalized spacial score (nSPS) is 13.2. The maximum absolute atomic E-state index is 11.3. The van der Waals surface area contributed by atoms with Gasteiger partial charge in [0.15, 0.2) is 5.60 Å². The van der Waals surface area contributed by atoms with Gasteiger partial charge in [-0.3, -0.25) is 0 Å². The summed E-state index contributed by atoms with van der Waals surface area (Å²) in [6.45, 7) is 12.0. The second-order valence-electron chi connectivity index (χ2n) is 6.92. The van der Waals surface area contributed by atoms with Gasteiger partial charge in [-0.15, -0.1) is 0 Å². The summed E-state index contributed by atoms with van der Waals surface area (Å²) < 4.78 is 5.47. The summed E-state index contributed by atoms with van der Waals surface area (Å²) in [5, 5.41) is 9.21. The predicted molar refractivity (Wildman–Crippen MR) is 76.1 cm³/mol. The van der Waals surface area contributed by atoms with Crippen LogP contribution in [0.15, 0.2) is 30.3 Å². The van der Waals surface area contributed by atoms with Crippen LogP contribution in [0.2, 0.25) is 0 Å². The smallest absolute Gasteiger partial charge is 0.450 e. The summed E-state index contributed by atoms with van der Waals surface area (Å²) in [7, 11) is 0. The molecule has 1 aromatic rings. The lowest BCUT2D eigenvalue weighted by molar-refractivity contribution is -0.159. The van der Waals surface area contributed by atoms with Crippen LogP contribution in [0.1, 0.15) is 47.1 Å². The Labute approximate surface area is 115 Å². The highest BCUT2D eigenvalue weighted by molar-refractivity contribution is 5.58. The summed E-state index contributed by atoms with van der Waals surface area (Å²) in [6.07, 6.45) is -1.24. The van der Waals surface area contributed by atoms with Crippen LogP contribution >= 0.6 is 0 Å². The van der Waals surface area contributed by atoms with E-state index in [1.807, 2.05) is 71.9 Å². The van der Waals surface area contributed by atoms with E-state index in [0.29, 0.717) is 0 Å². The number of carboxylic acid groups (broad SMARTS) is 1. The van der Waals surface area contributed by atoms with Gasteiger partial charge in [0.1, 0.15) is 0 Å². The number of benzene rings is 1. The molecule has 0 aliphatic rings. The van der Waals surface area contributed by atoms with Gasteiger partial charge in [-0.05, 0) is 5.56 Å². The van der Waals surface area contributed by atoms with E-state index in [9.17, 15) is 9.90 Å². The number of hydrogen-bond donors (Lipinski definition) is 1. The third-order valence-electron chi connectivity index (χ3n) is 3.53. The molecule has 106 valence electrons. The first kappa shape index (κ1) is 15.5. The van der Waals surface area contributed by atoms with Crippen molar-refractivity contribution in [3.05, 3.63) is 35.9 Å². The average molecular weight is 264 g/mol. The third kappa shape index (κ3) is 2.75. The van der Waals surface area contributed by atoms with Gasteiger partial charge in [0.2, 0.25) is 0 Å². The Hall–Kier alpha value is -1.51. The Kier molecular flexibility index (Phi) is 3.99. The van der Waals surface area contributed by atoms with Crippen molar-refractivity contribution >= 4 is 6.16 Å². The van der Waals surface area contributed by atoms with E-state index in [1.54, 1.807) is 0 Å². The van der Waals surface area contributed by atoms with Gasteiger partial charge in [-0.1, -0.05) is 71.9 Å². The highest BCUT2D eigenvalue weighted by Gasteiger charge is 2.55. The van der Waals surface area contributed by atoms with Crippen molar-refractivity contribution in [2.24, 2.45) is 10.8 Å². The van der Waals surface area contributed by atoms with E-state index < -0.39 is 11.8 Å². The molecule has 0 heterocycles. The first-order chi connectivity index (χ1) is 8.52. The molecule has 3 heteroatoms. The van der Waals surface area contributed by atoms with Crippen LogP contribution in [0.5, 0.6) is 0 Å². The fourth-order valence-corrected chi connectivity index (χ4v) is 3.16. The molecule has 1 aromatic carbocycles. The molecule has 1 N–H and O–H groups in total. The van der Waals surface area contributed by atoms with Crippen LogP contribution in [0.4, 0.5) is 4.79 Å². The lowest BCUT2D eigenvalue weighted by atomic mass is 9.59. The van der Waals surface area contributed by atoms with Crippen LogP contribution in [0.3, 0.4) is 0 Å². The maximum atomic E-state index is 11.3. The van der Waals surface area contributed by atoms with Gasteiger partial charge in [-0.25, -0.2) is 4.79 Å². The molecule has 0 aliphatic carbocycles. The minimum Gasteiger partial charge on any atom is -0.450 e. The second kappa shape index (κ2) is 4.87. The Balaban J connectivity index is 3.59. The zero-order valence-electron chi connectivity index (χ0n) is 12.7. The van der Waals surface area contributed by atoms with E-state index in [4.69, 9.17) is 4.74 Å². The molecule has 3 nitrogen and oxygen atoms in total. The Bertz CT molecular complexity index is 421. The van der Waals surface area contributed by atoms with Crippen LogP contribution in [0.25, 0.3) is 0 Å². The quantitative estimate of drug-likeness (QED) is 0.790. The molecule has 0 radical (unpaired) electrons. The molecule has 0 atom stereocenters. The lowest BCUT2D eigenvalue weighted by Gasteiger charge is -2.51. The van der Waals surface area contributed by atoms with Gasteiger partial charge in [0.25, 0.3) is 0 Å². The zero-order chi connectivity index (χ0) is 14.9. The number of hydrogen-bond acceptors (Lipinski definition) is 2. The van der Waals surface area contributed by atoms with Crippen molar-refractivity contribution in [1.82, 2.24) is 0 Å². The van der Waals surface area contributed by atoms with Crippen molar-refractivity contribution in [3.63, 3.8) is 0 Å². The summed E-state index contributed by atoms with van der Waals surface area (Å²) in [4.78, 5) is 11.3. The van der Waals surface area contributed by atoms with Crippen LogP contribution in [-0.2, 0) is 10.3 Å². The molecule has 0 aliphatic heterocycles. The molecular formula is C16H24O3. The largest absolute Gasteiger partial charge is 0.506 e. The minimum absolute atomic E-state index is 0.370. The standard InChI is InChI=1S/C16H24O3/c1-14(2,3)16(15(4,5)6,19-13(17)18)12-10-8-7-9-11-12/h7-11H,1-6H3,(H,17,18). The molecule has 0 aromatic heterocycles. The van der Waals surface area contributed by atoms with Gasteiger partial charge in [-0.2, -0.15) is 0 Å². The third-order valence-corrected chi connectivity index (χ3v) is 3.53. The molecule has 0 unspecified atom stereocenters. The maximum Gasteiger partial charge on any atom is 0.506 e. The molecule has 0 fully saturated rings. The highest BCUT2D eigenvalue weighted by atomic mass is 16.7. The summed E-state index contributed by atoms with van der Waals surface area (Å²) in [6, 6.07) is 9.60. The van der Waals surface area contributed by atoms with Gasteiger partial charge in [0, 0.05) is 10.8 Å². The molecule has 0 spiro atoms. The topological polar surface area (TPSA) is 46.5 Å². The monoisotopic (exact) mass is 264 g/mol. The van der Waals surface area contributed by atoms with Crippen LogP contribution in [-0.4, -0.2) is 11.3 Å². The first-order valence-corrected chi connectivity index (χ1v) is 6.50.